The molecule has 0 unspecified atom stereocenters. The van der Waals surface area contributed by atoms with Gasteiger partial charge in [-0.1, -0.05) is 84.9 Å². The summed E-state index contributed by atoms with van der Waals surface area (Å²) in [7, 11) is 0. The maximum Gasteiger partial charge on any atom is 0.106 e. The predicted molar refractivity (Wildman–Crippen MR) is 117 cm³/mol. The first-order valence-electron chi connectivity index (χ1n) is 8.72. The van der Waals surface area contributed by atoms with Crippen LogP contribution >= 0.6 is 15.9 Å². The third-order valence-electron chi connectivity index (χ3n) is 4.27. The van der Waals surface area contributed by atoms with Crippen molar-refractivity contribution in [2.45, 2.75) is 0 Å². The van der Waals surface area contributed by atoms with E-state index in [9.17, 15) is 0 Å². The molecule has 0 aliphatic heterocycles. The summed E-state index contributed by atoms with van der Waals surface area (Å²) in [5, 5.41) is 0. The van der Waals surface area contributed by atoms with Crippen molar-refractivity contribution >= 4 is 27.8 Å². The van der Waals surface area contributed by atoms with Gasteiger partial charge in [0.25, 0.3) is 0 Å². The number of benzene rings is 3. The lowest BCUT2D eigenvalue weighted by molar-refractivity contribution is 1.25. The molecule has 0 aliphatic carbocycles. The van der Waals surface area contributed by atoms with Crippen LogP contribution in [0.4, 0.5) is 5.69 Å². The Labute approximate surface area is 167 Å². The van der Waals surface area contributed by atoms with Gasteiger partial charge in [0.2, 0.25) is 0 Å². The van der Waals surface area contributed by atoms with Crippen LogP contribution in [-0.4, -0.2) is 11.2 Å². The Bertz CT molecular complexity index is 1020. The zero-order chi connectivity index (χ0) is 18.5. The number of rotatable bonds is 4. The molecular weight excluding hydrogens is 396 g/mol. The third kappa shape index (κ3) is 4.04. The van der Waals surface area contributed by atoms with Crippen molar-refractivity contribution in [3.8, 4) is 22.3 Å². The van der Waals surface area contributed by atoms with E-state index in [-0.39, 0.29) is 0 Å². The van der Waals surface area contributed by atoms with Crippen molar-refractivity contribution in [3.05, 3.63) is 107 Å². The Kier molecular flexibility index (Phi) is 5.22. The largest absolute Gasteiger partial charge is 0.253 e. The Balaban J connectivity index is 1.88. The van der Waals surface area contributed by atoms with Crippen molar-refractivity contribution < 1.29 is 0 Å². The minimum absolute atomic E-state index is 0.797. The van der Waals surface area contributed by atoms with E-state index in [0.29, 0.717) is 0 Å². The molecule has 4 aromatic rings. The molecule has 4 rings (SSSR count). The van der Waals surface area contributed by atoms with Gasteiger partial charge in [0, 0.05) is 11.1 Å². The van der Waals surface area contributed by atoms with E-state index in [1.807, 2.05) is 60.8 Å². The van der Waals surface area contributed by atoms with E-state index in [4.69, 9.17) is 4.99 Å². The molecule has 0 saturated heterocycles. The molecule has 0 N–H and O–H groups in total. The smallest absolute Gasteiger partial charge is 0.106 e. The molecular formula is C24H17BrN2. The van der Waals surface area contributed by atoms with Gasteiger partial charge in [-0.3, -0.25) is 4.99 Å². The van der Waals surface area contributed by atoms with Gasteiger partial charge in [0.15, 0.2) is 0 Å². The lowest BCUT2D eigenvalue weighted by Crippen LogP contribution is -1.89. The minimum Gasteiger partial charge on any atom is -0.253 e. The summed E-state index contributed by atoms with van der Waals surface area (Å²) in [4.78, 5) is 9.32. The zero-order valence-electron chi connectivity index (χ0n) is 14.6. The minimum atomic E-state index is 0.797. The maximum absolute atomic E-state index is 4.86. The van der Waals surface area contributed by atoms with Crippen LogP contribution in [0.25, 0.3) is 22.3 Å². The van der Waals surface area contributed by atoms with E-state index in [2.05, 4.69) is 63.4 Å². The summed E-state index contributed by atoms with van der Waals surface area (Å²) in [6.45, 7) is 0. The van der Waals surface area contributed by atoms with Crippen LogP contribution in [0.5, 0.6) is 0 Å². The molecule has 0 spiro atoms. The van der Waals surface area contributed by atoms with E-state index >= 15 is 0 Å². The lowest BCUT2D eigenvalue weighted by atomic mass is 9.96. The van der Waals surface area contributed by atoms with Gasteiger partial charge < -0.3 is 0 Å². The Morgan fingerprint density at radius 2 is 1.19 bits per heavy atom. The van der Waals surface area contributed by atoms with Gasteiger partial charge >= 0.3 is 0 Å². The van der Waals surface area contributed by atoms with Crippen LogP contribution in [0.2, 0.25) is 0 Å². The number of hydrogen-bond donors (Lipinski definition) is 0. The van der Waals surface area contributed by atoms with Crippen LogP contribution in [0, 0.1) is 0 Å². The fraction of sp³-hybridized carbons (Fsp3) is 0. The van der Waals surface area contributed by atoms with Crippen molar-refractivity contribution in [2.75, 3.05) is 0 Å². The average Bonchev–Trinajstić information content (AvgIpc) is 2.73. The molecule has 0 bridgehead atoms. The molecule has 0 aliphatic rings. The van der Waals surface area contributed by atoms with Gasteiger partial charge in [-0.15, -0.1) is 0 Å². The first-order valence-corrected chi connectivity index (χ1v) is 9.51. The number of halogens is 1. The molecule has 1 heterocycles. The fourth-order valence-corrected chi connectivity index (χ4v) is 3.37. The molecule has 0 saturated carbocycles. The van der Waals surface area contributed by atoms with Gasteiger partial charge in [-0.05, 0) is 39.2 Å². The summed E-state index contributed by atoms with van der Waals surface area (Å²) >= 11 is 3.42. The molecule has 0 atom stereocenters. The van der Waals surface area contributed by atoms with Crippen molar-refractivity contribution in [1.29, 1.82) is 0 Å². The normalized spacial score (nSPS) is 11.0. The molecule has 27 heavy (non-hydrogen) atoms. The SMILES string of the molecule is Brc1cccc(C=Nc2c(-c3ccccc3)cccc2-c2ccccc2)n1. The quantitative estimate of drug-likeness (QED) is 0.263. The Hall–Kier alpha value is -3.04. The van der Waals surface area contributed by atoms with Crippen molar-refractivity contribution in [3.63, 3.8) is 0 Å². The molecule has 130 valence electrons. The standard InChI is InChI=1S/C24H17BrN2/c25-23-16-7-13-20(27-23)17-26-24-21(18-9-3-1-4-10-18)14-8-15-22(24)19-11-5-2-6-12-19/h1-17H. The van der Waals surface area contributed by atoms with Crippen LogP contribution in [0.15, 0.2) is 107 Å². The summed E-state index contributed by atoms with van der Waals surface area (Å²) in [6.07, 6.45) is 1.82. The highest BCUT2D eigenvalue weighted by atomic mass is 79.9. The fourth-order valence-electron chi connectivity index (χ4n) is 3.01. The molecule has 2 nitrogen and oxygen atoms in total. The molecule has 1 aromatic heterocycles. The molecule has 3 aromatic carbocycles. The Morgan fingerprint density at radius 3 is 1.74 bits per heavy atom. The highest BCUT2D eigenvalue weighted by Crippen LogP contribution is 2.39. The number of pyridine rings is 1. The third-order valence-corrected chi connectivity index (χ3v) is 4.71. The highest BCUT2D eigenvalue weighted by Gasteiger charge is 2.10. The van der Waals surface area contributed by atoms with E-state index < -0.39 is 0 Å². The van der Waals surface area contributed by atoms with Crippen LogP contribution < -0.4 is 0 Å². The number of nitrogens with zero attached hydrogens (tertiary/aromatic N) is 2. The molecule has 3 heteroatoms. The van der Waals surface area contributed by atoms with Gasteiger partial charge in [-0.2, -0.15) is 0 Å². The second-order valence-corrected chi connectivity index (χ2v) is 6.89. The highest BCUT2D eigenvalue weighted by molar-refractivity contribution is 9.10. The number of para-hydroxylation sites is 1. The lowest BCUT2D eigenvalue weighted by Gasteiger charge is -2.12. The number of hydrogen-bond acceptors (Lipinski definition) is 2. The number of aliphatic imine (C=N–C) groups is 1. The second-order valence-electron chi connectivity index (χ2n) is 6.08. The summed E-state index contributed by atoms with van der Waals surface area (Å²) in [5.41, 5.74) is 6.24. The van der Waals surface area contributed by atoms with Crippen LogP contribution in [-0.2, 0) is 0 Å². The summed E-state index contributed by atoms with van der Waals surface area (Å²) in [6, 6.07) is 32.8. The van der Waals surface area contributed by atoms with Crippen molar-refractivity contribution in [1.82, 2.24) is 4.98 Å². The van der Waals surface area contributed by atoms with Gasteiger partial charge in [-0.25, -0.2) is 4.98 Å². The van der Waals surface area contributed by atoms with E-state index in [0.717, 1.165) is 38.2 Å². The molecule has 0 radical (unpaired) electrons. The maximum atomic E-state index is 4.86. The summed E-state index contributed by atoms with van der Waals surface area (Å²) < 4.78 is 0.797. The zero-order valence-corrected chi connectivity index (χ0v) is 16.2. The number of aromatic nitrogens is 1. The Morgan fingerprint density at radius 1 is 0.630 bits per heavy atom. The summed E-state index contributed by atoms with van der Waals surface area (Å²) in [5.74, 6) is 0. The van der Waals surface area contributed by atoms with Gasteiger partial charge in [0.05, 0.1) is 17.6 Å². The van der Waals surface area contributed by atoms with E-state index in [1.165, 1.54) is 0 Å². The van der Waals surface area contributed by atoms with E-state index in [1.54, 1.807) is 0 Å². The first kappa shape index (κ1) is 17.4. The van der Waals surface area contributed by atoms with Crippen LogP contribution in [0.1, 0.15) is 5.69 Å². The molecule has 0 amide bonds. The van der Waals surface area contributed by atoms with Crippen molar-refractivity contribution in [2.24, 2.45) is 4.99 Å². The van der Waals surface area contributed by atoms with Crippen LogP contribution in [0.3, 0.4) is 0 Å². The first-order chi connectivity index (χ1) is 13.3. The topological polar surface area (TPSA) is 25.2 Å². The second kappa shape index (κ2) is 8.11. The monoisotopic (exact) mass is 412 g/mol. The predicted octanol–water partition coefficient (Wildman–Crippen LogP) is 6.93. The average molecular weight is 413 g/mol. The molecule has 0 fully saturated rings. The van der Waals surface area contributed by atoms with Gasteiger partial charge in [0.1, 0.15) is 4.60 Å².